The summed E-state index contributed by atoms with van der Waals surface area (Å²) < 4.78 is 0. The van der Waals surface area contributed by atoms with Crippen LogP contribution >= 0.6 is 0 Å². The maximum atomic E-state index is 12.6. The summed E-state index contributed by atoms with van der Waals surface area (Å²) in [6.07, 6.45) is 4.23. The third-order valence-electron chi connectivity index (χ3n) is 6.09. The van der Waals surface area contributed by atoms with Gasteiger partial charge in [-0.15, -0.1) is 25.9 Å². The first-order chi connectivity index (χ1) is 20.5. The molecule has 0 aliphatic heterocycles. The summed E-state index contributed by atoms with van der Waals surface area (Å²) in [5.41, 5.74) is 8.28. The fourth-order valence-electron chi connectivity index (χ4n) is 3.86. The molecule has 3 aromatic carbocycles. The average Bonchev–Trinajstić information content (AvgIpc) is 2.99. The van der Waals surface area contributed by atoms with E-state index in [1.807, 2.05) is 87.6 Å². The van der Waals surface area contributed by atoms with Crippen molar-refractivity contribution in [2.45, 2.75) is 67.3 Å². The summed E-state index contributed by atoms with van der Waals surface area (Å²) in [6, 6.07) is 21.4. The van der Waals surface area contributed by atoms with Gasteiger partial charge in [0, 0.05) is 28.6 Å². The smallest absolute Gasteiger partial charge is 0.687 e. The molecule has 0 aliphatic carbocycles. The molecule has 0 heterocycles. The second kappa shape index (κ2) is 25.8. The number of anilines is 1. The Morgan fingerprint density at radius 3 is 2.00 bits per heavy atom. The van der Waals surface area contributed by atoms with E-state index in [9.17, 15) is 4.79 Å². The van der Waals surface area contributed by atoms with Crippen LogP contribution in [0.1, 0.15) is 91.7 Å². The fraction of sp³-hybridized carbons (Fsp3) is 0.342. The molecule has 0 saturated carbocycles. The van der Waals surface area contributed by atoms with E-state index in [0.717, 1.165) is 51.4 Å². The van der Waals surface area contributed by atoms with Crippen molar-refractivity contribution in [2.75, 3.05) is 26.0 Å². The molecule has 1 unspecified atom stereocenters. The molecule has 0 fully saturated rings. The minimum atomic E-state index is -0.124. The normalized spacial score (nSPS) is 9.93. The SMILES string of the molecule is C=C([N-]C)c1cccc(C(=C)NC(C)c2cccc(NC(=O)c3ccc(C)cc3)c2)c1C.C=CC.CCC.CCCNC.[K+]. The number of hydrogen-bond donors (Lipinski definition) is 3. The van der Waals surface area contributed by atoms with Gasteiger partial charge in [-0.05, 0) is 88.7 Å². The zero-order chi connectivity index (χ0) is 32.8. The first kappa shape index (κ1) is 43.7. The van der Waals surface area contributed by atoms with Crippen LogP contribution in [0.25, 0.3) is 16.7 Å². The largest absolute Gasteiger partial charge is 1.00 e. The average molecular weight is 623 g/mol. The van der Waals surface area contributed by atoms with Crippen LogP contribution in [0.4, 0.5) is 5.69 Å². The van der Waals surface area contributed by atoms with Crippen molar-refractivity contribution < 1.29 is 56.2 Å². The van der Waals surface area contributed by atoms with Crippen LogP contribution in [0.2, 0.25) is 0 Å². The topological polar surface area (TPSA) is 67.3 Å². The Morgan fingerprint density at radius 2 is 1.50 bits per heavy atom. The number of allylic oxidation sites excluding steroid dienone is 1. The number of carbonyl (C=O) groups is 1. The van der Waals surface area contributed by atoms with Gasteiger partial charge < -0.3 is 21.3 Å². The van der Waals surface area contributed by atoms with E-state index in [4.69, 9.17) is 0 Å². The predicted octanol–water partition coefficient (Wildman–Crippen LogP) is 7.08. The van der Waals surface area contributed by atoms with E-state index in [-0.39, 0.29) is 63.3 Å². The Balaban J connectivity index is 0. The van der Waals surface area contributed by atoms with Crippen LogP contribution in [-0.2, 0) is 0 Å². The molecule has 234 valence electrons. The molecule has 5 nitrogen and oxygen atoms in total. The van der Waals surface area contributed by atoms with Crippen LogP contribution in [0.5, 0.6) is 0 Å². The molecule has 0 bridgehead atoms. The predicted molar refractivity (Wildman–Crippen MR) is 192 cm³/mol. The van der Waals surface area contributed by atoms with Gasteiger partial charge in [0.2, 0.25) is 0 Å². The third-order valence-corrected chi connectivity index (χ3v) is 6.09. The summed E-state index contributed by atoms with van der Waals surface area (Å²) >= 11 is 0. The van der Waals surface area contributed by atoms with Gasteiger partial charge in [-0.1, -0.05) is 87.9 Å². The quantitative estimate of drug-likeness (QED) is 0.167. The molecule has 3 aromatic rings. The van der Waals surface area contributed by atoms with Crippen molar-refractivity contribution in [1.82, 2.24) is 10.6 Å². The molecule has 1 amide bonds. The first-order valence-electron chi connectivity index (χ1n) is 15.1. The summed E-state index contributed by atoms with van der Waals surface area (Å²) in [5, 5.41) is 13.7. The van der Waals surface area contributed by atoms with E-state index in [2.05, 4.69) is 75.6 Å². The van der Waals surface area contributed by atoms with E-state index in [1.165, 1.54) is 12.8 Å². The zero-order valence-electron chi connectivity index (χ0n) is 29.1. The van der Waals surface area contributed by atoms with Gasteiger partial charge in [0.05, 0.1) is 0 Å². The Kier molecular flexibility index (Phi) is 25.6. The Bertz CT molecular complexity index is 1270. The molecule has 0 spiro atoms. The Morgan fingerprint density at radius 1 is 0.955 bits per heavy atom. The number of benzene rings is 3. The third kappa shape index (κ3) is 16.6. The number of rotatable bonds is 10. The number of nitrogens with one attached hydrogen (secondary N) is 3. The van der Waals surface area contributed by atoms with E-state index < -0.39 is 0 Å². The molecule has 3 N–H and O–H groups in total. The fourth-order valence-corrected chi connectivity index (χ4v) is 3.86. The summed E-state index contributed by atoms with van der Waals surface area (Å²) in [7, 11) is 3.71. The van der Waals surface area contributed by atoms with Crippen molar-refractivity contribution in [2.24, 2.45) is 0 Å². The van der Waals surface area contributed by atoms with Crippen molar-refractivity contribution in [3.05, 3.63) is 131 Å². The minimum absolute atomic E-state index is 0. The molecule has 3 rings (SSSR count). The second-order valence-electron chi connectivity index (χ2n) is 10.2. The molecule has 44 heavy (non-hydrogen) atoms. The van der Waals surface area contributed by atoms with Crippen LogP contribution in [0.3, 0.4) is 0 Å². The number of amides is 1. The van der Waals surface area contributed by atoms with Gasteiger partial charge in [0.1, 0.15) is 0 Å². The van der Waals surface area contributed by atoms with Gasteiger partial charge in [-0.3, -0.25) is 4.79 Å². The van der Waals surface area contributed by atoms with Crippen LogP contribution in [0.15, 0.2) is 92.5 Å². The van der Waals surface area contributed by atoms with Crippen molar-refractivity contribution in [3.63, 3.8) is 0 Å². The molecule has 0 radical (unpaired) electrons. The monoisotopic (exact) mass is 622 g/mol. The molecule has 0 saturated heterocycles. The van der Waals surface area contributed by atoms with Gasteiger partial charge in [-0.2, -0.15) is 0 Å². The second-order valence-corrected chi connectivity index (χ2v) is 10.2. The van der Waals surface area contributed by atoms with Gasteiger partial charge in [-0.25, -0.2) is 0 Å². The number of carbonyl (C=O) groups excluding carboxylic acids is 1. The molecular formula is C38H55KN4O. The van der Waals surface area contributed by atoms with Gasteiger partial charge >= 0.3 is 51.4 Å². The van der Waals surface area contributed by atoms with Crippen molar-refractivity contribution >= 4 is 23.0 Å². The maximum Gasteiger partial charge on any atom is 1.00 e. The number of aryl methyl sites for hydroxylation is 1. The maximum absolute atomic E-state index is 12.6. The standard InChI is InChI=1S/C28H30N3O.C4H11N.C3H8.C3H6.K/c1-18-13-15-23(16-14-18)28(32)31-25-10-7-9-24(17-25)20(3)30-22(5)27-12-8-11-26(19(27)2)21(4)29-6;1-3-4-5-2;2*1-3-2;/h7-17,20,30H,4-5H2,1-3,6H3,(H,31,32);5H,3-4H2,1-2H3;3H2,1-2H3;3H,1H2,2H3;/q-1;;;;+1. The molecular weight excluding hydrogens is 568 g/mol. The van der Waals surface area contributed by atoms with Gasteiger partial charge in [0.15, 0.2) is 0 Å². The van der Waals surface area contributed by atoms with Crippen LogP contribution in [-0.4, -0.2) is 26.5 Å². The number of nitrogens with zero attached hydrogens (tertiary/aromatic N) is 1. The molecule has 1 atom stereocenters. The van der Waals surface area contributed by atoms with Crippen molar-refractivity contribution in [1.29, 1.82) is 0 Å². The molecule has 6 heteroatoms. The molecule has 0 aliphatic rings. The minimum Gasteiger partial charge on any atom is -0.687 e. The van der Waals surface area contributed by atoms with Crippen LogP contribution < -0.4 is 67.3 Å². The summed E-state index contributed by atoms with van der Waals surface area (Å²) in [6.45, 7) is 27.2. The van der Waals surface area contributed by atoms with E-state index >= 15 is 0 Å². The first-order valence-corrected chi connectivity index (χ1v) is 15.1. The summed E-state index contributed by atoms with van der Waals surface area (Å²) in [5.74, 6) is -0.124. The van der Waals surface area contributed by atoms with Crippen LogP contribution in [0, 0.1) is 13.8 Å². The zero-order valence-corrected chi connectivity index (χ0v) is 32.2. The summed E-state index contributed by atoms with van der Waals surface area (Å²) in [4.78, 5) is 12.6. The molecule has 0 aromatic heterocycles. The van der Waals surface area contributed by atoms with Gasteiger partial charge in [0.25, 0.3) is 5.91 Å². The number of hydrogen-bond acceptors (Lipinski definition) is 3. The van der Waals surface area contributed by atoms with Crippen molar-refractivity contribution in [3.8, 4) is 0 Å². The Hall–Kier alpha value is -2.45. The van der Waals surface area contributed by atoms with E-state index in [0.29, 0.717) is 5.56 Å². The Labute approximate surface area is 311 Å². The van der Waals surface area contributed by atoms with E-state index in [1.54, 1.807) is 13.1 Å².